The van der Waals surface area contributed by atoms with Gasteiger partial charge in [-0.3, -0.25) is 0 Å². The quantitative estimate of drug-likeness (QED) is 0.742. The van der Waals surface area contributed by atoms with Crippen LogP contribution in [0.4, 0.5) is 0 Å². The highest BCUT2D eigenvalue weighted by Crippen LogP contribution is 2.45. The number of hydrogen-bond acceptors (Lipinski definition) is 2. The van der Waals surface area contributed by atoms with Gasteiger partial charge in [0.1, 0.15) is 5.75 Å². The first-order valence-corrected chi connectivity index (χ1v) is 7.58. The van der Waals surface area contributed by atoms with Crippen LogP contribution in [0.1, 0.15) is 16.7 Å². The van der Waals surface area contributed by atoms with Gasteiger partial charge in [-0.25, -0.2) is 0 Å². The van der Waals surface area contributed by atoms with Crippen LogP contribution in [0, 0.1) is 0 Å². The van der Waals surface area contributed by atoms with Crippen LogP contribution in [0.15, 0.2) is 58.8 Å². The Bertz CT molecular complexity index is 756. The molecule has 0 fully saturated rings. The van der Waals surface area contributed by atoms with Crippen molar-refractivity contribution in [3.05, 3.63) is 70.6 Å². The van der Waals surface area contributed by atoms with E-state index in [1.807, 2.05) is 0 Å². The highest BCUT2D eigenvalue weighted by molar-refractivity contribution is 8.02. The first-order valence-electron chi connectivity index (χ1n) is 6.70. The van der Waals surface area contributed by atoms with Crippen LogP contribution in [0.25, 0.3) is 11.1 Å². The molecule has 0 atom stereocenters. The van der Waals surface area contributed by atoms with Gasteiger partial charge in [-0.2, -0.15) is 0 Å². The van der Waals surface area contributed by atoms with Crippen LogP contribution in [0.3, 0.4) is 0 Å². The van der Waals surface area contributed by atoms with E-state index in [-0.39, 0.29) is 0 Å². The average molecular weight is 278 g/mol. The SMILES string of the molecule is COc1ccc2c(c1)C1=C(C2)c2ccccc2SC=C1. The van der Waals surface area contributed by atoms with Crippen molar-refractivity contribution in [3.8, 4) is 5.75 Å². The molecule has 0 amide bonds. The molecule has 0 spiro atoms. The summed E-state index contributed by atoms with van der Waals surface area (Å²) in [5.41, 5.74) is 6.85. The Morgan fingerprint density at radius 3 is 2.85 bits per heavy atom. The van der Waals surface area contributed by atoms with E-state index in [0.29, 0.717) is 0 Å². The monoisotopic (exact) mass is 278 g/mol. The Kier molecular flexibility index (Phi) is 2.71. The van der Waals surface area contributed by atoms with Crippen molar-refractivity contribution in [2.75, 3.05) is 7.11 Å². The number of allylic oxidation sites excluding steroid dienone is 3. The molecular weight excluding hydrogens is 264 g/mol. The van der Waals surface area contributed by atoms with Crippen LogP contribution in [0.5, 0.6) is 5.75 Å². The van der Waals surface area contributed by atoms with Crippen molar-refractivity contribution < 1.29 is 4.74 Å². The summed E-state index contributed by atoms with van der Waals surface area (Å²) in [5, 5.41) is 2.19. The minimum Gasteiger partial charge on any atom is -0.497 e. The van der Waals surface area contributed by atoms with Crippen LogP contribution in [-0.2, 0) is 6.42 Å². The maximum atomic E-state index is 5.37. The zero-order valence-corrected chi connectivity index (χ0v) is 12.0. The smallest absolute Gasteiger partial charge is 0.119 e. The van der Waals surface area contributed by atoms with E-state index in [4.69, 9.17) is 4.74 Å². The van der Waals surface area contributed by atoms with Crippen molar-refractivity contribution in [1.82, 2.24) is 0 Å². The van der Waals surface area contributed by atoms with Crippen LogP contribution in [-0.4, -0.2) is 7.11 Å². The molecule has 1 heterocycles. The van der Waals surface area contributed by atoms with Gasteiger partial charge >= 0.3 is 0 Å². The Labute approximate surface area is 123 Å². The predicted octanol–water partition coefficient (Wildman–Crippen LogP) is 4.78. The summed E-state index contributed by atoms with van der Waals surface area (Å²) in [7, 11) is 1.72. The van der Waals surface area contributed by atoms with Gasteiger partial charge in [-0.15, -0.1) is 0 Å². The molecule has 0 unspecified atom stereocenters. The molecule has 0 radical (unpaired) electrons. The summed E-state index contributed by atoms with van der Waals surface area (Å²) in [6.07, 6.45) is 3.25. The molecule has 1 aliphatic carbocycles. The van der Waals surface area contributed by atoms with Gasteiger partial charge in [0.15, 0.2) is 0 Å². The Balaban J connectivity index is 1.94. The van der Waals surface area contributed by atoms with Gasteiger partial charge < -0.3 is 4.74 Å². The molecule has 0 aromatic heterocycles. The highest BCUT2D eigenvalue weighted by atomic mass is 32.2. The number of methoxy groups -OCH3 is 1. The fraction of sp³-hybridized carbons (Fsp3) is 0.111. The fourth-order valence-electron chi connectivity index (χ4n) is 2.96. The third-order valence-electron chi connectivity index (χ3n) is 3.94. The maximum absolute atomic E-state index is 5.37. The Morgan fingerprint density at radius 1 is 1.05 bits per heavy atom. The second kappa shape index (κ2) is 4.57. The average Bonchev–Trinajstić information content (AvgIpc) is 2.75. The molecule has 0 N–H and O–H groups in total. The molecular formula is C18H14OS. The molecule has 98 valence electrons. The largest absolute Gasteiger partial charge is 0.497 e. The number of benzene rings is 2. The van der Waals surface area contributed by atoms with Crippen LogP contribution >= 0.6 is 11.8 Å². The maximum Gasteiger partial charge on any atom is 0.119 e. The number of fused-ring (bicyclic) bond motifs is 4. The summed E-state index contributed by atoms with van der Waals surface area (Å²) >= 11 is 1.80. The van der Waals surface area contributed by atoms with E-state index < -0.39 is 0 Å². The first-order chi connectivity index (χ1) is 9.86. The summed E-state index contributed by atoms with van der Waals surface area (Å²) in [5.74, 6) is 0.927. The number of rotatable bonds is 1. The number of hydrogen-bond donors (Lipinski definition) is 0. The Morgan fingerprint density at radius 2 is 1.95 bits per heavy atom. The van der Waals surface area contributed by atoms with E-state index in [1.165, 1.54) is 32.7 Å². The zero-order chi connectivity index (χ0) is 13.5. The molecule has 4 rings (SSSR count). The van der Waals surface area contributed by atoms with E-state index >= 15 is 0 Å². The molecule has 0 saturated carbocycles. The normalized spacial score (nSPS) is 15.4. The second-order valence-electron chi connectivity index (χ2n) is 5.01. The van der Waals surface area contributed by atoms with Crippen molar-refractivity contribution in [2.24, 2.45) is 0 Å². The lowest BCUT2D eigenvalue weighted by Crippen LogP contribution is -1.88. The van der Waals surface area contributed by atoms with Gasteiger partial charge in [0, 0.05) is 4.90 Å². The van der Waals surface area contributed by atoms with Gasteiger partial charge in [-0.1, -0.05) is 36.0 Å². The molecule has 1 aliphatic heterocycles. The highest BCUT2D eigenvalue weighted by Gasteiger charge is 2.24. The van der Waals surface area contributed by atoms with Gasteiger partial charge in [0.25, 0.3) is 0 Å². The van der Waals surface area contributed by atoms with Crippen molar-refractivity contribution in [2.45, 2.75) is 11.3 Å². The lowest BCUT2D eigenvalue weighted by Gasteiger charge is -2.07. The zero-order valence-electron chi connectivity index (χ0n) is 11.2. The van der Waals surface area contributed by atoms with Crippen LogP contribution in [0.2, 0.25) is 0 Å². The third kappa shape index (κ3) is 1.72. The Hall–Kier alpha value is -1.93. The van der Waals surface area contributed by atoms with E-state index in [2.05, 4.69) is 53.9 Å². The van der Waals surface area contributed by atoms with Crippen LogP contribution < -0.4 is 4.74 Å². The predicted molar refractivity (Wildman–Crippen MR) is 85.0 cm³/mol. The minimum absolute atomic E-state index is 0.927. The first kappa shape index (κ1) is 11.9. The van der Waals surface area contributed by atoms with E-state index in [9.17, 15) is 0 Å². The third-order valence-corrected chi connectivity index (χ3v) is 4.82. The van der Waals surface area contributed by atoms with Gasteiger partial charge in [-0.05, 0) is 63.9 Å². The molecule has 2 aromatic rings. The molecule has 2 heteroatoms. The van der Waals surface area contributed by atoms with Crippen molar-refractivity contribution >= 4 is 22.9 Å². The summed E-state index contributed by atoms with van der Waals surface area (Å²) in [6, 6.07) is 15.1. The molecule has 1 nitrogen and oxygen atoms in total. The molecule has 0 saturated heterocycles. The fourth-order valence-corrected chi connectivity index (χ4v) is 3.79. The summed E-state index contributed by atoms with van der Waals surface area (Å²) in [6.45, 7) is 0. The van der Waals surface area contributed by atoms with Gasteiger partial charge in [0.2, 0.25) is 0 Å². The van der Waals surface area contributed by atoms with E-state index in [0.717, 1.165) is 12.2 Å². The minimum atomic E-state index is 0.927. The lowest BCUT2D eigenvalue weighted by atomic mass is 10.0. The molecule has 2 aliphatic rings. The van der Waals surface area contributed by atoms with E-state index in [1.54, 1.807) is 18.9 Å². The number of ether oxygens (including phenoxy) is 1. The lowest BCUT2D eigenvalue weighted by molar-refractivity contribution is 0.414. The summed E-state index contributed by atoms with van der Waals surface area (Å²) in [4.78, 5) is 1.34. The standard InChI is InChI=1S/C18H14OS/c1-19-13-7-6-12-10-17-14(16(12)11-13)8-9-20-18-5-3-2-4-15(17)18/h2-9,11H,10H2,1H3. The number of thioether (sulfide) groups is 1. The molecule has 0 bridgehead atoms. The summed E-state index contributed by atoms with van der Waals surface area (Å²) < 4.78 is 5.37. The second-order valence-corrected chi connectivity index (χ2v) is 5.96. The molecule has 20 heavy (non-hydrogen) atoms. The van der Waals surface area contributed by atoms with Crippen molar-refractivity contribution in [1.29, 1.82) is 0 Å². The topological polar surface area (TPSA) is 9.23 Å². The van der Waals surface area contributed by atoms with Crippen molar-refractivity contribution in [3.63, 3.8) is 0 Å². The molecule has 2 aromatic carbocycles. The van der Waals surface area contributed by atoms with Gasteiger partial charge in [0.05, 0.1) is 7.11 Å².